The number of hydrogen-bond acceptors (Lipinski definition) is 6. The minimum Gasteiger partial charge on any atom is -0.504 e. The number of carboxylic acid groups (broad SMARTS) is 2. The molecular weight excluding hydrogens is 344 g/mol. The monoisotopic (exact) mass is 358 g/mol. The molecule has 0 amide bonds. The number of phenolic OH excluding ortho intramolecular Hbond substituents is 2. The Balaban J connectivity index is 1.96. The van der Waals surface area contributed by atoms with Gasteiger partial charge in [-0.25, -0.2) is 9.59 Å². The molecule has 0 aliphatic carbocycles. The fourth-order valence-corrected chi connectivity index (χ4v) is 2.52. The van der Waals surface area contributed by atoms with E-state index in [2.05, 4.69) is 0 Å². The summed E-state index contributed by atoms with van der Waals surface area (Å²) in [6, 6.07) is 8.44. The Hall–Kier alpha value is -3.68. The van der Waals surface area contributed by atoms with E-state index in [9.17, 15) is 24.9 Å². The molecule has 2 atom stereocenters. The molecule has 26 heavy (non-hydrogen) atoms. The van der Waals surface area contributed by atoms with Gasteiger partial charge in [-0.2, -0.15) is 0 Å². The summed E-state index contributed by atoms with van der Waals surface area (Å²) in [6.07, 6.45) is -0.161. The molecular formula is C18H14O8. The fourth-order valence-electron chi connectivity index (χ4n) is 2.52. The van der Waals surface area contributed by atoms with Gasteiger partial charge in [0.25, 0.3) is 0 Å². The molecule has 0 radical (unpaired) electrons. The molecule has 3 rings (SSSR count). The zero-order chi connectivity index (χ0) is 18.8. The van der Waals surface area contributed by atoms with E-state index in [1.54, 1.807) is 6.07 Å². The Morgan fingerprint density at radius 1 is 0.923 bits per heavy atom. The van der Waals surface area contributed by atoms with Crippen LogP contribution in [0.3, 0.4) is 0 Å². The SMILES string of the molecule is O=C(O)/C=C/c1ccc2c(c1)O[C@H](C(=O)O)[C@H](c1ccc(O)c(O)c1)O2. The Morgan fingerprint density at radius 3 is 2.35 bits per heavy atom. The minimum atomic E-state index is -1.40. The average Bonchev–Trinajstić information content (AvgIpc) is 2.61. The van der Waals surface area contributed by atoms with Gasteiger partial charge in [0.2, 0.25) is 6.10 Å². The summed E-state index contributed by atoms with van der Waals surface area (Å²) in [4.78, 5) is 22.2. The molecule has 0 bridgehead atoms. The summed E-state index contributed by atoms with van der Waals surface area (Å²) in [5.41, 5.74) is 0.813. The smallest absolute Gasteiger partial charge is 0.349 e. The van der Waals surface area contributed by atoms with Crippen molar-refractivity contribution in [3.05, 3.63) is 53.6 Å². The number of ether oxygens (including phenoxy) is 2. The summed E-state index contributed by atoms with van der Waals surface area (Å²) in [5, 5.41) is 37.2. The summed E-state index contributed by atoms with van der Waals surface area (Å²) >= 11 is 0. The Labute approximate surface area is 147 Å². The van der Waals surface area contributed by atoms with Crippen molar-refractivity contribution in [2.75, 3.05) is 0 Å². The highest BCUT2D eigenvalue weighted by Gasteiger charge is 2.38. The normalized spacial score (nSPS) is 18.6. The van der Waals surface area contributed by atoms with Crippen molar-refractivity contribution in [3.8, 4) is 23.0 Å². The Kier molecular flexibility index (Phi) is 4.40. The molecule has 2 aromatic rings. The number of carboxylic acids is 2. The van der Waals surface area contributed by atoms with E-state index in [1.807, 2.05) is 0 Å². The zero-order valence-corrected chi connectivity index (χ0v) is 13.2. The number of carbonyl (C=O) groups is 2. The van der Waals surface area contributed by atoms with Crippen LogP contribution in [0.2, 0.25) is 0 Å². The van der Waals surface area contributed by atoms with Crippen LogP contribution in [0.5, 0.6) is 23.0 Å². The van der Waals surface area contributed by atoms with Crippen molar-refractivity contribution in [1.29, 1.82) is 0 Å². The van der Waals surface area contributed by atoms with Gasteiger partial charge in [0, 0.05) is 11.6 Å². The molecule has 0 fully saturated rings. The van der Waals surface area contributed by atoms with Crippen molar-refractivity contribution in [1.82, 2.24) is 0 Å². The molecule has 8 heteroatoms. The number of rotatable bonds is 4. The Bertz CT molecular complexity index is 902. The molecule has 1 heterocycles. The van der Waals surface area contributed by atoms with Crippen molar-refractivity contribution in [3.63, 3.8) is 0 Å². The predicted octanol–water partition coefficient (Wildman–Crippen LogP) is 2.16. The Morgan fingerprint density at radius 2 is 1.69 bits per heavy atom. The number of aliphatic carboxylic acids is 2. The van der Waals surface area contributed by atoms with Crippen LogP contribution < -0.4 is 9.47 Å². The lowest BCUT2D eigenvalue weighted by atomic mass is 10.0. The molecule has 0 saturated carbocycles. The van der Waals surface area contributed by atoms with Crippen molar-refractivity contribution >= 4 is 18.0 Å². The van der Waals surface area contributed by atoms with Gasteiger partial charge < -0.3 is 29.9 Å². The first kappa shape index (κ1) is 17.2. The largest absolute Gasteiger partial charge is 0.504 e. The minimum absolute atomic E-state index is 0.157. The molecule has 2 aromatic carbocycles. The van der Waals surface area contributed by atoms with E-state index in [-0.39, 0.29) is 17.2 Å². The second kappa shape index (κ2) is 6.67. The third-order valence-corrected chi connectivity index (χ3v) is 3.74. The van der Waals surface area contributed by atoms with E-state index >= 15 is 0 Å². The molecule has 0 spiro atoms. The fraction of sp³-hybridized carbons (Fsp3) is 0.111. The lowest BCUT2D eigenvalue weighted by Crippen LogP contribution is -2.39. The lowest BCUT2D eigenvalue weighted by Gasteiger charge is -2.32. The number of hydrogen-bond donors (Lipinski definition) is 4. The maximum atomic E-state index is 11.6. The number of phenols is 2. The highest BCUT2D eigenvalue weighted by molar-refractivity contribution is 5.85. The quantitative estimate of drug-likeness (QED) is 0.483. The van der Waals surface area contributed by atoms with Crippen LogP contribution >= 0.6 is 0 Å². The predicted molar refractivity (Wildman–Crippen MR) is 88.3 cm³/mol. The van der Waals surface area contributed by atoms with Gasteiger partial charge in [-0.1, -0.05) is 12.1 Å². The maximum Gasteiger partial charge on any atom is 0.349 e. The van der Waals surface area contributed by atoms with Crippen LogP contribution in [-0.4, -0.2) is 38.5 Å². The molecule has 1 aliphatic heterocycles. The second-order valence-electron chi connectivity index (χ2n) is 5.54. The highest BCUT2D eigenvalue weighted by Crippen LogP contribution is 2.41. The number of aromatic hydroxyl groups is 2. The van der Waals surface area contributed by atoms with Gasteiger partial charge in [-0.05, 0) is 35.9 Å². The number of fused-ring (bicyclic) bond motifs is 1. The molecule has 1 aliphatic rings. The van der Waals surface area contributed by atoms with Gasteiger partial charge in [-0.15, -0.1) is 0 Å². The maximum absolute atomic E-state index is 11.6. The topological polar surface area (TPSA) is 134 Å². The van der Waals surface area contributed by atoms with E-state index in [4.69, 9.17) is 14.6 Å². The second-order valence-corrected chi connectivity index (χ2v) is 5.54. The average molecular weight is 358 g/mol. The zero-order valence-electron chi connectivity index (χ0n) is 13.2. The highest BCUT2D eigenvalue weighted by atomic mass is 16.6. The van der Waals surface area contributed by atoms with E-state index in [0.717, 1.165) is 6.08 Å². The first-order valence-electron chi connectivity index (χ1n) is 7.48. The summed E-state index contributed by atoms with van der Waals surface area (Å²) in [5.74, 6) is -2.71. The van der Waals surface area contributed by atoms with Crippen LogP contribution in [0.15, 0.2) is 42.5 Å². The standard InChI is InChI=1S/C18H14O8/c19-11-4-3-10(8-12(11)20)16-17(18(23)24)26-14-7-9(2-6-15(21)22)1-5-13(14)25-16/h1-8,16-17,19-20H,(H,21,22)(H,23,24)/b6-2+/t16-,17-/m0/s1. The first-order chi connectivity index (χ1) is 12.3. The van der Waals surface area contributed by atoms with Gasteiger partial charge in [0.15, 0.2) is 29.1 Å². The molecule has 134 valence electrons. The summed E-state index contributed by atoms with van der Waals surface area (Å²) in [6.45, 7) is 0. The van der Waals surface area contributed by atoms with E-state index in [1.165, 1.54) is 36.4 Å². The molecule has 0 unspecified atom stereocenters. The van der Waals surface area contributed by atoms with Gasteiger partial charge in [-0.3, -0.25) is 0 Å². The van der Waals surface area contributed by atoms with Crippen LogP contribution in [0.4, 0.5) is 0 Å². The van der Waals surface area contributed by atoms with Crippen LogP contribution in [-0.2, 0) is 9.59 Å². The van der Waals surface area contributed by atoms with Crippen LogP contribution in [0.25, 0.3) is 6.08 Å². The first-order valence-corrected chi connectivity index (χ1v) is 7.48. The van der Waals surface area contributed by atoms with E-state index < -0.39 is 29.9 Å². The third-order valence-electron chi connectivity index (χ3n) is 3.74. The number of benzene rings is 2. The van der Waals surface area contributed by atoms with Crippen molar-refractivity contribution < 1.29 is 39.5 Å². The van der Waals surface area contributed by atoms with Crippen LogP contribution in [0.1, 0.15) is 17.2 Å². The van der Waals surface area contributed by atoms with Gasteiger partial charge in [0.1, 0.15) is 0 Å². The lowest BCUT2D eigenvalue weighted by molar-refractivity contribution is -0.151. The van der Waals surface area contributed by atoms with Gasteiger partial charge in [0.05, 0.1) is 0 Å². The molecule has 0 aromatic heterocycles. The molecule has 0 saturated heterocycles. The summed E-state index contributed by atoms with van der Waals surface area (Å²) in [7, 11) is 0. The van der Waals surface area contributed by atoms with E-state index in [0.29, 0.717) is 11.1 Å². The van der Waals surface area contributed by atoms with Gasteiger partial charge >= 0.3 is 11.9 Å². The third kappa shape index (κ3) is 3.39. The van der Waals surface area contributed by atoms with Crippen molar-refractivity contribution in [2.24, 2.45) is 0 Å². The molecule has 8 nitrogen and oxygen atoms in total. The molecule has 4 N–H and O–H groups in total. The summed E-state index contributed by atoms with van der Waals surface area (Å²) < 4.78 is 11.3. The van der Waals surface area contributed by atoms with Crippen molar-refractivity contribution in [2.45, 2.75) is 12.2 Å². The van der Waals surface area contributed by atoms with Crippen LogP contribution in [0, 0.1) is 0 Å².